The third-order valence-corrected chi connectivity index (χ3v) is 0.842. The Labute approximate surface area is 51.8 Å². The van der Waals surface area contributed by atoms with Crippen molar-refractivity contribution in [1.82, 2.24) is 0 Å². The molecule has 1 heterocycles. The van der Waals surface area contributed by atoms with E-state index in [1.54, 1.807) is 12.1 Å². The monoisotopic (exact) mass is 125 g/mol. The number of nitrogens with zero attached hydrogens (tertiary/aromatic N) is 1. The first kappa shape index (κ1) is 5.84. The number of furan rings is 1. The molecule has 0 atom stereocenters. The molecule has 1 aromatic heterocycles. The van der Waals surface area contributed by atoms with Crippen LogP contribution in [0.3, 0.4) is 0 Å². The Morgan fingerprint density at radius 2 is 2.56 bits per heavy atom. The second-order valence-electron chi connectivity index (χ2n) is 1.41. The Balaban J connectivity index is 2.76. The van der Waals surface area contributed by atoms with E-state index in [-0.39, 0.29) is 5.88 Å². The molecule has 0 saturated carbocycles. The number of nitrogens with two attached hydrogens (primary N) is 1. The SMILES string of the molecule is NN([C]=O)c1ccco1. The molecule has 1 amide bonds. The fourth-order valence-electron chi connectivity index (χ4n) is 0.452. The van der Waals surface area contributed by atoms with Gasteiger partial charge in [-0.05, 0) is 6.07 Å². The molecule has 0 spiro atoms. The lowest BCUT2D eigenvalue weighted by Crippen LogP contribution is -2.27. The summed E-state index contributed by atoms with van der Waals surface area (Å²) < 4.78 is 4.72. The van der Waals surface area contributed by atoms with E-state index in [0.717, 1.165) is 5.01 Å². The zero-order valence-corrected chi connectivity index (χ0v) is 4.57. The average molecular weight is 125 g/mol. The topological polar surface area (TPSA) is 59.5 Å². The largest absolute Gasteiger partial charge is 0.447 e. The van der Waals surface area contributed by atoms with Gasteiger partial charge in [-0.25, -0.2) is 10.9 Å². The number of amides is 1. The van der Waals surface area contributed by atoms with Gasteiger partial charge in [0.2, 0.25) is 5.88 Å². The van der Waals surface area contributed by atoms with Gasteiger partial charge >= 0.3 is 6.41 Å². The number of hydrogen-bond donors (Lipinski definition) is 1. The van der Waals surface area contributed by atoms with Crippen LogP contribution in [-0.2, 0) is 4.79 Å². The molecular formula is C5H5N2O2. The molecule has 0 aliphatic rings. The van der Waals surface area contributed by atoms with Crippen molar-refractivity contribution in [1.29, 1.82) is 0 Å². The van der Waals surface area contributed by atoms with E-state index in [9.17, 15) is 4.79 Å². The molecule has 4 heteroatoms. The van der Waals surface area contributed by atoms with Gasteiger partial charge in [-0.2, -0.15) is 0 Å². The number of rotatable bonds is 2. The quantitative estimate of drug-likeness (QED) is 0.262. The number of carbonyl (C=O) groups excluding carboxylic acids is 1. The maximum Gasteiger partial charge on any atom is 0.335 e. The third kappa shape index (κ3) is 1.09. The van der Waals surface area contributed by atoms with Gasteiger partial charge in [0.1, 0.15) is 0 Å². The summed E-state index contributed by atoms with van der Waals surface area (Å²) in [5.74, 6) is 5.34. The van der Waals surface area contributed by atoms with Crippen molar-refractivity contribution in [2.24, 2.45) is 5.84 Å². The molecule has 47 valence electrons. The van der Waals surface area contributed by atoms with E-state index in [1.165, 1.54) is 12.7 Å². The van der Waals surface area contributed by atoms with E-state index < -0.39 is 0 Å². The molecule has 0 bridgehead atoms. The van der Waals surface area contributed by atoms with Crippen LogP contribution in [0.1, 0.15) is 0 Å². The molecule has 2 N–H and O–H groups in total. The van der Waals surface area contributed by atoms with Crippen LogP contribution in [0.5, 0.6) is 0 Å². The van der Waals surface area contributed by atoms with Crippen LogP contribution < -0.4 is 10.9 Å². The summed E-state index contributed by atoms with van der Waals surface area (Å²) in [6, 6.07) is 3.19. The van der Waals surface area contributed by atoms with Gasteiger partial charge < -0.3 is 4.42 Å². The first-order valence-corrected chi connectivity index (χ1v) is 2.30. The van der Waals surface area contributed by atoms with Gasteiger partial charge in [0.25, 0.3) is 0 Å². The minimum absolute atomic E-state index is 0.282. The molecule has 0 fully saturated rings. The lowest BCUT2D eigenvalue weighted by Gasteiger charge is -2.00. The molecular weight excluding hydrogens is 120 g/mol. The Morgan fingerprint density at radius 3 is 3.00 bits per heavy atom. The van der Waals surface area contributed by atoms with Gasteiger partial charge in [-0.1, -0.05) is 0 Å². The second kappa shape index (κ2) is 2.32. The summed E-state index contributed by atoms with van der Waals surface area (Å²) >= 11 is 0. The Bertz CT molecular complexity index is 183. The standard InChI is InChI=1S/C5H5N2O2/c6-7(4-8)5-2-1-3-9-5/h1-3H,6H2. The molecule has 0 saturated heterocycles. The predicted octanol–water partition coefficient (Wildman–Crippen LogP) is 0.0269. The molecule has 1 rings (SSSR count). The van der Waals surface area contributed by atoms with Gasteiger partial charge in [-0.3, -0.25) is 4.79 Å². The van der Waals surface area contributed by atoms with E-state index >= 15 is 0 Å². The summed E-state index contributed by atoms with van der Waals surface area (Å²) in [6.45, 7) is 0. The zero-order valence-electron chi connectivity index (χ0n) is 4.57. The third-order valence-electron chi connectivity index (χ3n) is 0.842. The van der Waals surface area contributed by atoms with Crippen LogP contribution in [0.2, 0.25) is 0 Å². The fraction of sp³-hybridized carbons (Fsp3) is 0. The molecule has 0 unspecified atom stereocenters. The van der Waals surface area contributed by atoms with E-state index in [2.05, 4.69) is 0 Å². The highest BCUT2D eigenvalue weighted by molar-refractivity contribution is 5.70. The van der Waals surface area contributed by atoms with Crippen molar-refractivity contribution in [2.75, 3.05) is 5.01 Å². The predicted molar refractivity (Wildman–Crippen MR) is 31.1 cm³/mol. The molecule has 1 aromatic rings. The van der Waals surface area contributed by atoms with Gasteiger partial charge in [0, 0.05) is 6.07 Å². The first-order chi connectivity index (χ1) is 4.34. The van der Waals surface area contributed by atoms with Gasteiger partial charge in [0.05, 0.1) is 6.26 Å². The fourth-order valence-corrected chi connectivity index (χ4v) is 0.452. The molecule has 0 aliphatic heterocycles. The number of hydrogen-bond acceptors (Lipinski definition) is 3. The summed E-state index contributed by atoms with van der Waals surface area (Å²) in [6.07, 6.45) is 2.86. The molecule has 4 nitrogen and oxygen atoms in total. The Kier molecular flexibility index (Phi) is 1.51. The molecule has 0 aliphatic carbocycles. The summed E-state index contributed by atoms with van der Waals surface area (Å²) in [4.78, 5) is 9.82. The van der Waals surface area contributed by atoms with Crippen LogP contribution in [-0.4, -0.2) is 6.41 Å². The molecule has 0 aromatic carbocycles. The van der Waals surface area contributed by atoms with E-state index in [4.69, 9.17) is 10.3 Å². The summed E-state index contributed by atoms with van der Waals surface area (Å²) in [7, 11) is 0. The normalized spacial score (nSPS) is 9.00. The molecule has 1 radical (unpaired) electrons. The van der Waals surface area contributed by atoms with Gasteiger partial charge in [-0.15, -0.1) is 0 Å². The number of anilines is 1. The second-order valence-corrected chi connectivity index (χ2v) is 1.41. The van der Waals surface area contributed by atoms with Crippen LogP contribution >= 0.6 is 0 Å². The van der Waals surface area contributed by atoms with Crippen molar-refractivity contribution in [3.05, 3.63) is 18.4 Å². The first-order valence-electron chi connectivity index (χ1n) is 2.30. The number of hydrazine groups is 1. The van der Waals surface area contributed by atoms with Crippen molar-refractivity contribution >= 4 is 12.3 Å². The highest BCUT2D eigenvalue weighted by Gasteiger charge is 2.00. The van der Waals surface area contributed by atoms with Crippen LogP contribution in [0, 0.1) is 0 Å². The lowest BCUT2D eigenvalue weighted by molar-refractivity contribution is 0.532. The van der Waals surface area contributed by atoms with Crippen molar-refractivity contribution in [3.8, 4) is 0 Å². The Hall–Kier alpha value is -1.29. The lowest BCUT2D eigenvalue weighted by atomic mass is 10.6. The summed E-state index contributed by atoms with van der Waals surface area (Å²) in [5.41, 5.74) is 0. The smallest absolute Gasteiger partial charge is 0.335 e. The maximum absolute atomic E-state index is 9.82. The Morgan fingerprint density at radius 1 is 1.78 bits per heavy atom. The van der Waals surface area contributed by atoms with Crippen molar-refractivity contribution in [3.63, 3.8) is 0 Å². The van der Waals surface area contributed by atoms with E-state index in [0.29, 0.717) is 0 Å². The van der Waals surface area contributed by atoms with Crippen LogP contribution in [0.15, 0.2) is 22.8 Å². The summed E-state index contributed by atoms with van der Waals surface area (Å²) in [5, 5.41) is 0.736. The van der Waals surface area contributed by atoms with Crippen LogP contribution in [0.25, 0.3) is 0 Å². The van der Waals surface area contributed by atoms with Crippen molar-refractivity contribution in [2.45, 2.75) is 0 Å². The minimum Gasteiger partial charge on any atom is -0.447 e. The van der Waals surface area contributed by atoms with E-state index in [1.807, 2.05) is 0 Å². The van der Waals surface area contributed by atoms with Crippen LogP contribution in [0.4, 0.5) is 5.88 Å². The maximum atomic E-state index is 9.82. The highest BCUT2D eigenvalue weighted by Crippen LogP contribution is 2.07. The van der Waals surface area contributed by atoms with Gasteiger partial charge in [0.15, 0.2) is 0 Å². The van der Waals surface area contributed by atoms with Crippen molar-refractivity contribution < 1.29 is 9.21 Å². The molecule has 9 heavy (non-hydrogen) atoms. The highest BCUT2D eigenvalue weighted by atomic mass is 16.4. The minimum atomic E-state index is 0.282. The average Bonchev–Trinajstić information content (AvgIpc) is 2.37. The zero-order chi connectivity index (χ0) is 6.69.